The van der Waals surface area contributed by atoms with Gasteiger partial charge in [0.2, 0.25) is 0 Å². The molecule has 0 aliphatic heterocycles. The second-order valence-electron chi connectivity index (χ2n) is 5.51. The number of carbonyl (C=O) groups is 3. The van der Waals surface area contributed by atoms with Crippen LogP contribution in [0.3, 0.4) is 0 Å². The molecule has 0 aromatic rings. The first-order chi connectivity index (χ1) is 12.1. The number of hydrogen-bond donors (Lipinski definition) is 6. The summed E-state index contributed by atoms with van der Waals surface area (Å²) < 4.78 is 0. The van der Waals surface area contributed by atoms with Crippen LogP contribution in [0, 0.1) is 0 Å². The maximum Gasteiger partial charge on any atom is 0.330 e. The first kappa shape index (κ1) is 32.2. The average Bonchev–Trinajstić information content (AvgIpc) is 2.48. The van der Waals surface area contributed by atoms with Gasteiger partial charge in [-0.05, 0) is 40.5 Å². The molecular formula is C18H32O9. The molecule has 0 radical (unpaired) electrons. The van der Waals surface area contributed by atoms with Crippen molar-refractivity contribution in [3.8, 4) is 0 Å². The molecule has 2 unspecified atom stereocenters. The van der Waals surface area contributed by atoms with Gasteiger partial charge >= 0.3 is 17.9 Å². The van der Waals surface area contributed by atoms with E-state index in [-0.39, 0.29) is 23.3 Å². The molecule has 27 heavy (non-hydrogen) atoms. The summed E-state index contributed by atoms with van der Waals surface area (Å²) in [6, 6.07) is 0. The van der Waals surface area contributed by atoms with Crippen molar-refractivity contribution in [3.05, 3.63) is 36.5 Å². The highest BCUT2D eigenvalue weighted by atomic mass is 16.4. The highest BCUT2D eigenvalue weighted by molar-refractivity contribution is 5.85. The molecule has 0 rings (SSSR count). The number of rotatable bonds is 7. The van der Waals surface area contributed by atoms with Crippen LogP contribution in [-0.4, -0.2) is 67.4 Å². The summed E-state index contributed by atoms with van der Waals surface area (Å²) in [6.07, 6.45) is -0.340. The molecular weight excluding hydrogens is 360 g/mol. The van der Waals surface area contributed by atoms with Gasteiger partial charge in [-0.3, -0.25) is 0 Å². The number of aliphatic hydroxyl groups excluding tert-OH is 3. The summed E-state index contributed by atoms with van der Waals surface area (Å²) in [4.78, 5) is 28.8. The van der Waals surface area contributed by atoms with Crippen LogP contribution < -0.4 is 0 Å². The van der Waals surface area contributed by atoms with Crippen molar-refractivity contribution in [2.24, 2.45) is 0 Å². The number of hydrogen-bond acceptors (Lipinski definition) is 6. The fourth-order valence-electron chi connectivity index (χ4n) is 0.661. The van der Waals surface area contributed by atoms with Gasteiger partial charge in [-0.25, -0.2) is 14.4 Å². The maximum absolute atomic E-state index is 9.60. The summed E-state index contributed by atoms with van der Waals surface area (Å²) in [5.41, 5.74) is 0.528. The molecule has 0 spiro atoms. The third kappa shape index (κ3) is 39.9. The molecule has 0 aromatic heterocycles. The van der Waals surface area contributed by atoms with E-state index >= 15 is 0 Å². The zero-order valence-electron chi connectivity index (χ0n) is 16.3. The van der Waals surface area contributed by atoms with E-state index in [0.717, 1.165) is 0 Å². The molecule has 0 fully saturated rings. The second kappa shape index (κ2) is 19.8. The minimum atomic E-state index is -0.935. The molecule has 0 aliphatic carbocycles. The van der Waals surface area contributed by atoms with Crippen molar-refractivity contribution in [1.82, 2.24) is 0 Å². The van der Waals surface area contributed by atoms with Crippen molar-refractivity contribution < 1.29 is 45.0 Å². The van der Waals surface area contributed by atoms with Crippen molar-refractivity contribution in [1.29, 1.82) is 0 Å². The Morgan fingerprint density at radius 2 is 1.00 bits per heavy atom. The molecule has 0 heterocycles. The molecule has 6 N–H and O–H groups in total. The number of aliphatic hydroxyl groups is 3. The van der Waals surface area contributed by atoms with E-state index in [2.05, 4.69) is 19.7 Å². The van der Waals surface area contributed by atoms with E-state index in [9.17, 15) is 14.4 Å². The molecule has 0 saturated heterocycles. The Kier molecular flexibility index (Phi) is 23.7. The molecule has 0 aromatic carbocycles. The largest absolute Gasteiger partial charge is 0.478 e. The third-order valence-corrected chi connectivity index (χ3v) is 2.17. The lowest BCUT2D eigenvalue weighted by atomic mass is 10.1. The lowest BCUT2D eigenvalue weighted by molar-refractivity contribution is -0.133. The topological polar surface area (TPSA) is 173 Å². The lowest BCUT2D eigenvalue weighted by Crippen LogP contribution is -2.15. The van der Waals surface area contributed by atoms with Gasteiger partial charge in [-0.15, -0.1) is 0 Å². The molecule has 0 amide bonds. The van der Waals surface area contributed by atoms with E-state index in [4.69, 9.17) is 30.6 Å². The molecule has 0 saturated carbocycles. The van der Waals surface area contributed by atoms with Gasteiger partial charge in [0.1, 0.15) is 0 Å². The quantitative estimate of drug-likeness (QED) is 0.350. The van der Waals surface area contributed by atoms with Crippen molar-refractivity contribution in [2.75, 3.05) is 6.61 Å². The van der Waals surface area contributed by atoms with Gasteiger partial charge in [0, 0.05) is 23.3 Å². The Morgan fingerprint density at radius 3 is 1.11 bits per heavy atom. The second-order valence-corrected chi connectivity index (χ2v) is 5.51. The van der Waals surface area contributed by atoms with Crippen LogP contribution in [0.4, 0.5) is 0 Å². The Morgan fingerprint density at radius 1 is 0.778 bits per heavy atom. The average molecular weight is 392 g/mol. The highest BCUT2D eigenvalue weighted by Gasteiger charge is 2.05. The van der Waals surface area contributed by atoms with Gasteiger partial charge in [-0.2, -0.15) is 0 Å². The van der Waals surface area contributed by atoms with Crippen molar-refractivity contribution in [3.63, 3.8) is 0 Å². The minimum Gasteiger partial charge on any atom is -0.478 e. The first-order valence-corrected chi connectivity index (χ1v) is 7.73. The fourth-order valence-corrected chi connectivity index (χ4v) is 0.661. The van der Waals surface area contributed by atoms with Gasteiger partial charge in [0.15, 0.2) is 0 Å². The summed E-state index contributed by atoms with van der Waals surface area (Å²) in [6.45, 7) is 15.4. The standard InChI is InChI=1S/C6H14O3.3C4H6O2/c1-5(8)4-6(9)2-3-7;3*1-3(2)4(5)6/h5-9H,2-4H2,1H3;3*1H2,2H3,(H,5,6). The summed E-state index contributed by atoms with van der Waals surface area (Å²) in [5.74, 6) is -2.81. The van der Waals surface area contributed by atoms with Gasteiger partial charge < -0.3 is 30.6 Å². The number of carboxylic acid groups (broad SMARTS) is 3. The monoisotopic (exact) mass is 392 g/mol. The SMILES string of the molecule is C=C(C)C(=O)O.C=C(C)C(=O)O.C=C(C)C(=O)O.CC(O)CC(O)CCO. The van der Waals surface area contributed by atoms with Crippen LogP contribution >= 0.6 is 0 Å². The van der Waals surface area contributed by atoms with E-state index in [0.29, 0.717) is 12.8 Å². The summed E-state index contributed by atoms with van der Waals surface area (Å²) in [7, 11) is 0. The zero-order chi connectivity index (χ0) is 22.7. The Labute approximate surface area is 159 Å². The van der Waals surface area contributed by atoms with Gasteiger partial charge in [0.25, 0.3) is 0 Å². The van der Waals surface area contributed by atoms with Gasteiger partial charge in [0.05, 0.1) is 12.2 Å². The van der Waals surface area contributed by atoms with E-state index in [1.807, 2.05) is 0 Å². The normalized spacial score (nSPS) is 10.8. The lowest BCUT2D eigenvalue weighted by Gasteiger charge is -2.09. The van der Waals surface area contributed by atoms with E-state index in [1.165, 1.54) is 20.8 Å². The van der Waals surface area contributed by atoms with Gasteiger partial charge in [-0.1, -0.05) is 19.7 Å². The predicted molar refractivity (Wildman–Crippen MR) is 101 cm³/mol. The third-order valence-electron chi connectivity index (χ3n) is 2.17. The molecule has 9 nitrogen and oxygen atoms in total. The fraction of sp³-hybridized carbons (Fsp3) is 0.500. The summed E-state index contributed by atoms with van der Waals surface area (Å²) in [5, 5.41) is 49.6. The van der Waals surface area contributed by atoms with Crippen molar-refractivity contribution in [2.45, 2.75) is 52.7 Å². The van der Waals surface area contributed by atoms with Crippen LogP contribution in [0.2, 0.25) is 0 Å². The van der Waals surface area contributed by atoms with E-state index < -0.39 is 30.1 Å². The number of carboxylic acids is 3. The van der Waals surface area contributed by atoms with Crippen LogP contribution in [-0.2, 0) is 14.4 Å². The Balaban J connectivity index is -0.000000133. The summed E-state index contributed by atoms with van der Waals surface area (Å²) >= 11 is 0. The minimum absolute atomic E-state index is 0.0200. The smallest absolute Gasteiger partial charge is 0.330 e. The van der Waals surface area contributed by atoms with Crippen LogP contribution in [0.25, 0.3) is 0 Å². The van der Waals surface area contributed by atoms with Crippen LogP contribution in [0.1, 0.15) is 40.5 Å². The molecule has 158 valence electrons. The van der Waals surface area contributed by atoms with E-state index in [1.54, 1.807) is 6.92 Å². The first-order valence-electron chi connectivity index (χ1n) is 7.73. The molecule has 9 heteroatoms. The van der Waals surface area contributed by atoms with Crippen LogP contribution in [0.15, 0.2) is 36.5 Å². The molecule has 0 aliphatic rings. The Bertz CT molecular complexity index is 400. The van der Waals surface area contributed by atoms with Crippen LogP contribution in [0.5, 0.6) is 0 Å². The number of aliphatic carboxylic acids is 3. The maximum atomic E-state index is 9.60. The Hall–Kier alpha value is -2.49. The molecule has 2 atom stereocenters. The predicted octanol–water partition coefficient (Wildman–Crippen LogP) is 1.44. The molecule has 0 bridgehead atoms. The zero-order valence-corrected chi connectivity index (χ0v) is 16.3. The van der Waals surface area contributed by atoms with Crippen molar-refractivity contribution >= 4 is 17.9 Å². The highest BCUT2D eigenvalue weighted by Crippen LogP contribution is 2.00.